The minimum atomic E-state index is -4.82. The molecule has 38 heavy (non-hydrogen) atoms. The number of anilines is 3. The van der Waals surface area contributed by atoms with Crippen LogP contribution in [0.15, 0.2) is 54.7 Å². The number of amides is 1. The molecule has 3 heterocycles. The fourth-order valence-electron chi connectivity index (χ4n) is 4.30. The molecule has 1 aliphatic rings. The summed E-state index contributed by atoms with van der Waals surface area (Å²) in [5.41, 5.74) is -0.0909. The second-order valence-electron chi connectivity index (χ2n) is 8.95. The minimum absolute atomic E-state index is 0.0458. The van der Waals surface area contributed by atoms with E-state index in [1.807, 2.05) is 0 Å². The fraction of sp³-hybridized carbons (Fsp3) is 0.269. The lowest BCUT2D eigenvalue weighted by atomic mass is 9.97. The first kappa shape index (κ1) is 25.5. The van der Waals surface area contributed by atoms with Gasteiger partial charge in [0.1, 0.15) is 23.1 Å². The maximum Gasteiger partial charge on any atom is 0.419 e. The Bertz CT molecular complexity index is 1480. The highest BCUT2D eigenvalue weighted by Crippen LogP contribution is 2.34. The first-order chi connectivity index (χ1) is 18.2. The molecule has 0 unspecified atom stereocenters. The lowest BCUT2D eigenvalue weighted by Crippen LogP contribution is -2.34. The van der Waals surface area contributed by atoms with Gasteiger partial charge in [-0.15, -0.1) is 0 Å². The molecular formula is C26H24F4N6O2. The maximum atomic E-state index is 13.6. The van der Waals surface area contributed by atoms with Crippen molar-refractivity contribution < 1.29 is 27.1 Å². The number of nitrogens with zero attached hydrogens (tertiary/aromatic N) is 3. The number of halogens is 4. The molecule has 1 amide bonds. The van der Waals surface area contributed by atoms with Gasteiger partial charge in [0.05, 0.1) is 16.6 Å². The Morgan fingerprint density at radius 3 is 2.61 bits per heavy atom. The first-order valence-corrected chi connectivity index (χ1v) is 11.9. The normalized spacial score (nSPS) is 14.4. The van der Waals surface area contributed by atoms with Gasteiger partial charge < -0.3 is 25.3 Å². The number of nitrogens with one attached hydrogen (secondary N) is 3. The number of aryl methyl sites for hydroxylation is 1. The molecule has 0 spiro atoms. The zero-order valence-electron chi connectivity index (χ0n) is 20.3. The van der Waals surface area contributed by atoms with Gasteiger partial charge in [-0.2, -0.15) is 13.2 Å². The van der Waals surface area contributed by atoms with E-state index in [1.165, 1.54) is 12.3 Å². The number of aromatic nitrogens is 3. The smallest absolute Gasteiger partial charge is 0.419 e. The van der Waals surface area contributed by atoms with Crippen molar-refractivity contribution in [3.63, 3.8) is 0 Å². The number of imidazole rings is 1. The predicted octanol–water partition coefficient (Wildman–Crippen LogP) is 5.60. The molecule has 8 nitrogen and oxygen atoms in total. The number of rotatable bonds is 6. The number of carbonyl (C=O) groups excluding carboxylic acids is 1. The van der Waals surface area contributed by atoms with Crippen LogP contribution in [0, 0.1) is 11.7 Å². The van der Waals surface area contributed by atoms with Gasteiger partial charge in [-0.3, -0.25) is 4.79 Å². The lowest BCUT2D eigenvalue weighted by Gasteiger charge is -2.21. The molecule has 0 aliphatic carbocycles. The van der Waals surface area contributed by atoms with E-state index in [1.54, 1.807) is 41.9 Å². The van der Waals surface area contributed by atoms with Crippen LogP contribution in [0.1, 0.15) is 18.4 Å². The summed E-state index contributed by atoms with van der Waals surface area (Å²) in [6.07, 6.45) is -1.74. The number of pyridine rings is 1. The van der Waals surface area contributed by atoms with Gasteiger partial charge >= 0.3 is 6.18 Å². The average Bonchev–Trinajstić information content (AvgIpc) is 3.19. The molecule has 0 saturated carbocycles. The highest BCUT2D eigenvalue weighted by Gasteiger charge is 2.34. The van der Waals surface area contributed by atoms with Gasteiger partial charge in [0.15, 0.2) is 0 Å². The highest BCUT2D eigenvalue weighted by molar-refractivity contribution is 5.91. The van der Waals surface area contributed by atoms with E-state index < -0.39 is 17.6 Å². The Hall–Kier alpha value is -4.19. The zero-order valence-corrected chi connectivity index (χ0v) is 20.3. The molecule has 4 aromatic rings. The number of ether oxygens (including phenoxy) is 1. The van der Waals surface area contributed by atoms with Gasteiger partial charge in [-0.05, 0) is 62.3 Å². The van der Waals surface area contributed by atoms with Gasteiger partial charge in [-0.1, -0.05) is 0 Å². The lowest BCUT2D eigenvalue weighted by molar-refractivity contribution is -0.140. The van der Waals surface area contributed by atoms with Crippen molar-refractivity contribution in [2.75, 3.05) is 23.7 Å². The molecule has 3 N–H and O–H groups in total. The minimum Gasteiger partial charge on any atom is -0.457 e. The Kier molecular flexibility index (Phi) is 6.89. The quantitative estimate of drug-likeness (QED) is 0.282. The summed E-state index contributed by atoms with van der Waals surface area (Å²) >= 11 is 0. The number of benzene rings is 2. The van der Waals surface area contributed by atoms with Crippen LogP contribution in [-0.4, -0.2) is 33.5 Å². The maximum absolute atomic E-state index is 13.6. The number of piperidine rings is 1. The van der Waals surface area contributed by atoms with E-state index in [2.05, 4.69) is 25.9 Å². The van der Waals surface area contributed by atoms with Crippen molar-refractivity contribution in [3.05, 3.63) is 66.1 Å². The van der Waals surface area contributed by atoms with E-state index in [0.29, 0.717) is 34.4 Å². The summed E-state index contributed by atoms with van der Waals surface area (Å²) < 4.78 is 60.5. The van der Waals surface area contributed by atoms with Gasteiger partial charge in [0.25, 0.3) is 0 Å². The molecule has 12 heteroatoms. The second-order valence-corrected chi connectivity index (χ2v) is 8.95. The Morgan fingerprint density at radius 1 is 1.08 bits per heavy atom. The van der Waals surface area contributed by atoms with Crippen molar-refractivity contribution in [2.45, 2.75) is 19.0 Å². The molecule has 1 fully saturated rings. The van der Waals surface area contributed by atoms with Crippen LogP contribution in [0.2, 0.25) is 0 Å². The van der Waals surface area contributed by atoms with Gasteiger partial charge in [0, 0.05) is 37.0 Å². The topological polar surface area (TPSA) is 93.1 Å². The molecule has 0 radical (unpaired) electrons. The summed E-state index contributed by atoms with van der Waals surface area (Å²) in [5.74, 6) is 0.0875. The number of hydrogen-bond acceptors (Lipinski definition) is 6. The van der Waals surface area contributed by atoms with Crippen LogP contribution in [0.4, 0.5) is 35.0 Å². The third-order valence-corrected chi connectivity index (χ3v) is 6.31. The van der Waals surface area contributed by atoms with Crippen molar-refractivity contribution in [1.29, 1.82) is 0 Å². The van der Waals surface area contributed by atoms with E-state index >= 15 is 0 Å². The molecule has 2 aromatic heterocycles. The van der Waals surface area contributed by atoms with Crippen LogP contribution >= 0.6 is 0 Å². The summed E-state index contributed by atoms with van der Waals surface area (Å²) in [5, 5.41) is 8.89. The monoisotopic (exact) mass is 528 g/mol. The predicted molar refractivity (Wildman–Crippen MR) is 134 cm³/mol. The summed E-state index contributed by atoms with van der Waals surface area (Å²) in [7, 11) is 1.70. The van der Waals surface area contributed by atoms with Crippen molar-refractivity contribution in [1.82, 2.24) is 19.9 Å². The summed E-state index contributed by atoms with van der Waals surface area (Å²) in [4.78, 5) is 21.2. The van der Waals surface area contributed by atoms with Crippen LogP contribution in [0.3, 0.4) is 0 Å². The van der Waals surface area contributed by atoms with Crippen LogP contribution in [0.5, 0.6) is 11.5 Å². The second kappa shape index (κ2) is 10.3. The van der Waals surface area contributed by atoms with Gasteiger partial charge in [0.2, 0.25) is 11.9 Å². The van der Waals surface area contributed by atoms with E-state index in [0.717, 1.165) is 32.0 Å². The third kappa shape index (κ3) is 5.54. The van der Waals surface area contributed by atoms with E-state index in [-0.39, 0.29) is 23.5 Å². The van der Waals surface area contributed by atoms with Gasteiger partial charge in [-0.25, -0.2) is 14.4 Å². The third-order valence-electron chi connectivity index (χ3n) is 6.31. The average molecular weight is 529 g/mol. The molecule has 1 saturated heterocycles. The Labute approximate surface area is 215 Å². The van der Waals surface area contributed by atoms with Crippen molar-refractivity contribution in [3.8, 4) is 11.5 Å². The molecule has 1 aliphatic heterocycles. The van der Waals surface area contributed by atoms with Crippen molar-refractivity contribution >= 4 is 34.4 Å². The molecule has 5 rings (SSSR count). The molecule has 0 atom stereocenters. The number of carbonyl (C=O) groups is 1. The molecule has 2 aromatic carbocycles. The number of alkyl halides is 3. The summed E-state index contributed by atoms with van der Waals surface area (Å²) in [6, 6.07) is 11.1. The van der Waals surface area contributed by atoms with Crippen LogP contribution in [-0.2, 0) is 18.0 Å². The Morgan fingerprint density at radius 2 is 1.84 bits per heavy atom. The number of hydrogen-bond donors (Lipinski definition) is 3. The van der Waals surface area contributed by atoms with Crippen molar-refractivity contribution in [2.24, 2.45) is 13.0 Å². The Balaban J connectivity index is 1.32. The molecular weight excluding hydrogens is 504 g/mol. The largest absolute Gasteiger partial charge is 0.457 e. The number of fused-ring (bicyclic) bond motifs is 1. The zero-order chi connectivity index (χ0) is 26.9. The molecule has 198 valence electrons. The van der Waals surface area contributed by atoms with E-state index in [9.17, 15) is 22.4 Å². The SMILES string of the molecule is Cn1c(Nc2ccc(F)c(C(F)(F)F)c2)nc2cc(Oc3ccnc(NC(=O)C4CCNCC4)c3)ccc21. The first-order valence-electron chi connectivity index (χ1n) is 11.9. The fourth-order valence-corrected chi connectivity index (χ4v) is 4.30. The van der Waals surface area contributed by atoms with Crippen LogP contribution in [0.25, 0.3) is 11.0 Å². The van der Waals surface area contributed by atoms with Crippen LogP contribution < -0.4 is 20.7 Å². The molecule has 0 bridgehead atoms. The highest BCUT2D eigenvalue weighted by atomic mass is 19.4. The van der Waals surface area contributed by atoms with E-state index in [4.69, 9.17) is 4.74 Å². The standard InChI is InChI=1S/C26H24F4N6O2/c1-36-22-5-3-17(38-18-8-11-32-23(14-18)35-24(37)15-6-9-31-10-7-15)13-21(22)34-25(36)33-16-2-4-20(27)19(12-16)26(28,29)30/h2-5,8,11-15,31H,6-7,9-10H2,1H3,(H,33,34)(H,32,35,37). The summed E-state index contributed by atoms with van der Waals surface area (Å²) in [6.45, 7) is 1.61.